The van der Waals surface area contributed by atoms with E-state index in [1.54, 1.807) is 18.2 Å². The maximum Gasteiger partial charge on any atom is 0.196 e. The monoisotopic (exact) mass is 250 g/mol. The first-order valence-electron chi connectivity index (χ1n) is 4.11. The second kappa shape index (κ2) is 3.80. The number of rotatable bonds is 2. The normalized spacial score (nSPS) is 10.1. The molecule has 2 rings (SSSR count). The topological polar surface area (TPSA) is 30.2 Å². The van der Waals surface area contributed by atoms with Gasteiger partial charge in [-0.3, -0.25) is 4.79 Å². The molecule has 0 unspecified atom stereocenters. The van der Waals surface area contributed by atoms with Gasteiger partial charge in [0.25, 0.3) is 0 Å². The number of benzene rings is 1. The Morgan fingerprint density at radius 2 is 1.86 bits per heavy atom. The van der Waals surface area contributed by atoms with Crippen LogP contribution in [0.3, 0.4) is 0 Å². The van der Waals surface area contributed by atoms with Gasteiger partial charge in [0, 0.05) is 11.6 Å². The largest absolute Gasteiger partial charge is 0.457 e. The Labute approximate surface area is 89.7 Å². The van der Waals surface area contributed by atoms with Crippen molar-refractivity contribution < 1.29 is 9.21 Å². The molecule has 0 N–H and O–H groups in total. The van der Waals surface area contributed by atoms with Crippen molar-refractivity contribution in [2.75, 3.05) is 0 Å². The van der Waals surface area contributed by atoms with Gasteiger partial charge in [0.05, 0.1) is 5.56 Å². The van der Waals surface area contributed by atoms with Crippen LogP contribution in [0.5, 0.6) is 0 Å². The van der Waals surface area contributed by atoms with Crippen molar-refractivity contribution in [1.82, 2.24) is 0 Å². The Bertz CT molecular complexity index is 445. The molecule has 1 aromatic heterocycles. The Kier molecular flexibility index (Phi) is 2.50. The van der Waals surface area contributed by atoms with E-state index in [1.807, 2.05) is 18.2 Å². The van der Waals surface area contributed by atoms with E-state index in [2.05, 4.69) is 15.9 Å². The average molecular weight is 251 g/mol. The minimum absolute atomic E-state index is 0.0277. The number of hydrogen-bond donors (Lipinski definition) is 0. The third kappa shape index (κ3) is 1.77. The average Bonchev–Trinajstić information content (AvgIpc) is 2.65. The highest BCUT2D eigenvalue weighted by atomic mass is 79.9. The Balaban J connectivity index is 2.34. The molecule has 14 heavy (non-hydrogen) atoms. The van der Waals surface area contributed by atoms with Crippen molar-refractivity contribution >= 4 is 21.7 Å². The minimum Gasteiger partial charge on any atom is -0.457 e. The van der Waals surface area contributed by atoms with E-state index in [-0.39, 0.29) is 5.78 Å². The Morgan fingerprint density at radius 1 is 1.14 bits per heavy atom. The van der Waals surface area contributed by atoms with Gasteiger partial charge in [-0.15, -0.1) is 0 Å². The maximum absolute atomic E-state index is 11.8. The molecule has 1 aromatic carbocycles. The van der Waals surface area contributed by atoms with Crippen molar-refractivity contribution in [2.45, 2.75) is 0 Å². The molecule has 0 saturated carbocycles. The number of ketones is 1. The Hall–Kier alpha value is -1.35. The van der Waals surface area contributed by atoms with Crippen LogP contribution in [0, 0.1) is 0 Å². The number of hydrogen-bond acceptors (Lipinski definition) is 2. The first-order valence-corrected chi connectivity index (χ1v) is 4.90. The van der Waals surface area contributed by atoms with E-state index in [0.717, 1.165) is 0 Å². The van der Waals surface area contributed by atoms with E-state index in [1.165, 1.54) is 6.26 Å². The number of carbonyl (C=O) groups is 1. The van der Waals surface area contributed by atoms with Crippen LogP contribution in [-0.2, 0) is 0 Å². The fraction of sp³-hybridized carbons (Fsp3) is 0. The molecular weight excluding hydrogens is 244 g/mol. The van der Waals surface area contributed by atoms with Crippen molar-refractivity contribution in [2.24, 2.45) is 0 Å². The predicted octanol–water partition coefficient (Wildman–Crippen LogP) is 3.27. The third-order valence-corrected chi connectivity index (χ3v) is 2.28. The zero-order chi connectivity index (χ0) is 9.97. The quantitative estimate of drug-likeness (QED) is 0.766. The molecule has 2 nitrogen and oxygen atoms in total. The molecule has 1 heterocycles. The molecule has 0 atom stereocenters. The van der Waals surface area contributed by atoms with E-state index in [0.29, 0.717) is 15.8 Å². The van der Waals surface area contributed by atoms with Gasteiger partial charge in [0.15, 0.2) is 10.5 Å². The smallest absolute Gasteiger partial charge is 0.196 e. The number of halogens is 1. The van der Waals surface area contributed by atoms with Crippen LogP contribution in [0.15, 0.2) is 51.7 Å². The van der Waals surface area contributed by atoms with Crippen LogP contribution in [-0.4, -0.2) is 5.78 Å². The van der Waals surface area contributed by atoms with Gasteiger partial charge >= 0.3 is 0 Å². The lowest BCUT2D eigenvalue weighted by Crippen LogP contribution is -1.98. The van der Waals surface area contributed by atoms with Crippen LogP contribution < -0.4 is 0 Å². The third-order valence-electron chi connectivity index (χ3n) is 1.87. The van der Waals surface area contributed by atoms with Crippen LogP contribution in [0.1, 0.15) is 15.9 Å². The standard InChI is InChI=1S/C11H7BrO2/c12-10-6-9(7-14-10)11(13)8-4-2-1-3-5-8/h1-7H. The van der Waals surface area contributed by atoms with E-state index in [4.69, 9.17) is 4.42 Å². The zero-order valence-corrected chi connectivity index (χ0v) is 8.82. The Morgan fingerprint density at radius 3 is 2.43 bits per heavy atom. The van der Waals surface area contributed by atoms with Crippen molar-refractivity contribution in [1.29, 1.82) is 0 Å². The SMILES string of the molecule is O=C(c1ccccc1)c1coc(Br)c1. The lowest BCUT2D eigenvalue weighted by molar-refractivity contribution is 0.103. The molecule has 0 saturated heterocycles. The van der Waals surface area contributed by atoms with Gasteiger partial charge < -0.3 is 4.42 Å². The van der Waals surface area contributed by atoms with Gasteiger partial charge in [-0.05, 0) is 15.9 Å². The predicted molar refractivity (Wildman–Crippen MR) is 56.3 cm³/mol. The molecule has 0 aliphatic heterocycles. The van der Waals surface area contributed by atoms with E-state index >= 15 is 0 Å². The summed E-state index contributed by atoms with van der Waals surface area (Å²) in [4.78, 5) is 11.8. The summed E-state index contributed by atoms with van der Waals surface area (Å²) in [5.74, 6) is -0.0277. The molecule has 0 aliphatic carbocycles. The molecular formula is C11H7BrO2. The highest BCUT2D eigenvalue weighted by molar-refractivity contribution is 9.10. The van der Waals surface area contributed by atoms with Crippen molar-refractivity contribution in [3.63, 3.8) is 0 Å². The van der Waals surface area contributed by atoms with Crippen LogP contribution in [0.4, 0.5) is 0 Å². The second-order valence-corrected chi connectivity index (χ2v) is 3.62. The summed E-state index contributed by atoms with van der Waals surface area (Å²) in [6.45, 7) is 0. The molecule has 0 radical (unpaired) electrons. The molecule has 2 aromatic rings. The van der Waals surface area contributed by atoms with Gasteiger partial charge in [-0.1, -0.05) is 30.3 Å². The molecule has 0 spiro atoms. The van der Waals surface area contributed by atoms with E-state index in [9.17, 15) is 4.79 Å². The summed E-state index contributed by atoms with van der Waals surface area (Å²) in [5, 5.41) is 0. The van der Waals surface area contributed by atoms with Crippen LogP contribution >= 0.6 is 15.9 Å². The second-order valence-electron chi connectivity index (χ2n) is 2.83. The summed E-state index contributed by atoms with van der Waals surface area (Å²) in [6, 6.07) is 10.8. The maximum atomic E-state index is 11.8. The summed E-state index contributed by atoms with van der Waals surface area (Å²) >= 11 is 3.15. The summed E-state index contributed by atoms with van der Waals surface area (Å²) in [5.41, 5.74) is 1.23. The molecule has 0 amide bonds. The molecule has 3 heteroatoms. The fourth-order valence-corrected chi connectivity index (χ4v) is 1.53. The van der Waals surface area contributed by atoms with Crippen LogP contribution in [0.25, 0.3) is 0 Å². The van der Waals surface area contributed by atoms with Crippen molar-refractivity contribution in [3.8, 4) is 0 Å². The molecule has 0 fully saturated rings. The molecule has 70 valence electrons. The van der Waals surface area contributed by atoms with Gasteiger partial charge in [-0.25, -0.2) is 0 Å². The summed E-state index contributed by atoms with van der Waals surface area (Å²) < 4.78 is 5.57. The van der Waals surface area contributed by atoms with Crippen LogP contribution in [0.2, 0.25) is 0 Å². The van der Waals surface area contributed by atoms with Gasteiger partial charge in [0.1, 0.15) is 6.26 Å². The highest BCUT2D eigenvalue weighted by Crippen LogP contribution is 2.17. The highest BCUT2D eigenvalue weighted by Gasteiger charge is 2.10. The summed E-state index contributed by atoms with van der Waals surface area (Å²) in [7, 11) is 0. The zero-order valence-electron chi connectivity index (χ0n) is 7.24. The lowest BCUT2D eigenvalue weighted by atomic mass is 10.1. The number of carbonyl (C=O) groups excluding carboxylic acids is 1. The van der Waals surface area contributed by atoms with E-state index < -0.39 is 0 Å². The minimum atomic E-state index is -0.0277. The van der Waals surface area contributed by atoms with Gasteiger partial charge in [0.2, 0.25) is 0 Å². The molecule has 0 aliphatic rings. The van der Waals surface area contributed by atoms with Gasteiger partial charge in [-0.2, -0.15) is 0 Å². The summed E-state index contributed by atoms with van der Waals surface area (Å²) in [6.07, 6.45) is 1.44. The molecule has 0 bridgehead atoms. The first-order chi connectivity index (χ1) is 6.77. The fourth-order valence-electron chi connectivity index (χ4n) is 1.19. The lowest BCUT2D eigenvalue weighted by Gasteiger charge is -1.95. The number of furan rings is 1. The van der Waals surface area contributed by atoms with Crippen molar-refractivity contribution in [3.05, 3.63) is 58.5 Å². The first kappa shape index (κ1) is 9.21.